The molecule has 1 aromatic carbocycles. The van der Waals surface area contributed by atoms with Crippen LogP contribution in [0.3, 0.4) is 0 Å². The van der Waals surface area contributed by atoms with Crippen molar-refractivity contribution in [2.24, 2.45) is 5.92 Å². The Kier molecular flexibility index (Phi) is 6.21. The van der Waals surface area contributed by atoms with E-state index in [1.165, 1.54) is 12.1 Å². The molecule has 6 nitrogen and oxygen atoms in total. The van der Waals surface area contributed by atoms with Gasteiger partial charge in [-0.25, -0.2) is 0 Å². The first kappa shape index (κ1) is 20.9. The van der Waals surface area contributed by atoms with Crippen molar-refractivity contribution >= 4 is 23.6 Å². The number of halogens is 3. The number of nitrogens with one attached hydrogen (secondary N) is 3. The number of thioether (sulfide) groups is 1. The third-order valence-corrected chi connectivity index (χ3v) is 5.48. The number of rotatable bonds is 6. The van der Waals surface area contributed by atoms with E-state index < -0.39 is 17.8 Å². The van der Waals surface area contributed by atoms with Crippen molar-refractivity contribution in [2.45, 2.75) is 48.0 Å². The Morgan fingerprint density at radius 3 is 2.43 bits per heavy atom. The molecule has 10 heteroatoms. The fourth-order valence-electron chi connectivity index (χ4n) is 3.17. The summed E-state index contributed by atoms with van der Waals surface area (Å²) in [5.41, 5.74) is -3.56. The highest BCUT2D eigenvalue weighted by Gasteiger charge is 2.37. The lowest BCUT2D eigenvalue weighted by molar-refractivity contribution is -0.134. The van der Waals surface area contributed by atoms with E-state index >= 15 is 0 Å². The van der Waals surface area contributed by atoms with Crippen LogP contribution in [0.1, 0.15) is 30.9 Å². The third-order valence-electron chi connectivity index (χ3n) is 4.74. The molecular formula is C18H23F3N4O2S. The van der Waals surface area contributed by atoms with Crippen LogP contribution in [0, 0.1) is 5.92 Å². The molecule has 3 atom stereocenters. The molecule has 2 amide bonds. The molecule has 1 saturated heterocycles. The topological polar surface area (TPSA) is 73.5 Å². The lowest BCUT2D eigenvalue weighted by Gasteiger charge is -2.35. The fourth-order valence-corrected chi connectivity index (χ4v) is 3.71. The molecule has 3 N–H and O–H groups in total. The van der Waals surface area contributed by atoms with Crippen LogP contribution in [0.25, 0.3) is 0 Å². The van der Waals surface area contributed by atoms with E-state index in [0.29, 0.717) is 0 Å². The highest BCUT2D eigenvalue weighted by molar-refractivity contribution is 8.00. The molecule has 3 rings (SSSR count). The monoisotopic (exact) mass is 416 g/mol. The largest absolute Gasteiger partial charge is 0.446 e. The molecule has 28 heavy (non-hydrogen) atoms. The van der Waals surface area contributed by atoms with Gasteiger partial charge in [-0.15, -0.1) is 0 Å². The van der Waals surface area contributed by atoms with Crippen molar-refractivity contribution < 1.29 is 22.8 Å². The molecule has 0 spiro atoms. The van der Waals surface area contributed by atoms with Crippen LogP contribution in [0.5, 0.6) is 0 Å². The molecule has 154 valence electrons. The van der Waals surface area contributed by atoms with Gasteiger partial charge in [0.25, 0.3) is 0 Å². The maximum atomic E-state index is 12.8. The molecule has 1 heterocycles. The average Bonchev–Trinajstić information content (AvgIpc) is 3.43. The molecule has 1 aromatic rings. The van der Waals surface area contributed by atoms with Gasteiger partial charge in [-0.1, -0.05) is 12.1 Å². The third kappa shape index (κ3) is 5.62. The summed E-state index contributed by atoms with van der Waals surface area (Å²) in [7, 11) is 3.57. The number of nitrogens with zero attached hydrogens (tertiary/aromatic N) is 1. The second-order valence-electron chi connectivity index (χ2n) is 7.30. The lowest BCUT2D eigenvalue weighted by atomic mass is 10.0. The van der Waals surface area contributed by atoms with Gasteiger partial charge in [0, 0.05) is 4.90 Å². The summed E-state index contributed by atoms with van der Waals surface area (Å²) in [5, 5.41) is 8.82. The molecule has 0 radical (unpaired) electrons. The maximum absolute atomic E-state index is 12.8. The van der Waals surface area contributed by atoms with E-state index in [9.17, 15) is 22.8 Å². The second kappa shape index (κ2) is 8.30. The van der Waals surface area contributed by atoms with E-state index in [0.717, 1.165) is 18.4 Å². The Hall–Kier alpha value is -1.78. The van der Waals surface area contributed by atoms with E-state index in [4.69, 9.17) is 0 Å². The fraction of sp³-hybridized carbons (Fsp3) is 0.556. The van der Waals surface area contributed by atoms with Crippen LogP contribution < -0.4 is 16.0 Å². The van der Waals surface area contributed by atoms with Gasteiger partial charge in [0.2, 0.25) is 11.8 Å². The lowest BCUT2D eigenvalue weighted by Crippen LogP contribution is -2.65. The van der Waals surface area contributed by atoms with Crippen molar-refractivity contribution in [2.75, 3.05) is 14.1 Å². The zero-order valence-corrected chi connectivity index (χ0v) is 16.4. The van der Waals surface area contributed by atoms with E-state index in [-0.39, 0.29) is 46.9 Å². The van der Waals surface area contributed by atoms with E-state index in [2.05, 4.69) is 16.0 Å². The zero-order chi connectivity index (χ0) is 20.5. The van der Waals surface area contributed by atoms with Crippen LogP contribution >= 0.6 is 11.8 Å². The van der Waals surface area contributed by atoms with Crippen LogP contribution in [0.2, 0.25) is 0 Å². The minimum absolute atomic E-state index is 0.0364. The van der Waals surface area contributed by atoms with Gasteiger partial charge in [0.05, 0.1) is 18.5 Å². The summed E-state index contributed by atoms with van der Waals surface area (Å²) in [6.07, 6.45) is 1.50. The van der Waals surface area contributed by atoms with Gasteiger partial charge in [0.15, 0.2) is 0 Å². The van der Waals surface area contributed by atoms with E-state index in [1.807, 2.05) is 0 Å². The number of alkyl halides is 3. The number of carbonyl (C=O) groups excluding carboxylic acids is 2. The molecule has 2 unspecified atom stereocenters. The van der Waals surface area contributed by atoms with Gasteiger partial charge >= 0.3 is 5.51 Å². The summed E-state index contributed by atoms with van der Waals surface area (Å²) < 4.78 is 37.5. The number of hydrogen-bond donors (Lipinski definition) is 3. The normalized spacial score (nSPS) is 24.0. The molecule has 2 aliphatic rings. The highest BCUT2D eigenvalue weighted by Crippen LogP contribution is 2.42. The highest BCUT2D eigenvalue weighted by atomic mass is 32.2. The van der Waals surface area contributed by atoms with Crippen molar-refractivity contribution in [3.8, 4) is 0 Å². The van der Waals surface area contributed by atoms with Gasteiger partial charge < -0.3 is 10.6 Å². The minimum Gasteiger partial charge on any atom is -0.348 e. The Morgan fingerprint density at radius 1 is 1.25 bits per heavy atom. The van der Waals surface area contributed by atoms with Gasteiger partial charge in [0.1, 0.15) is 6.29 Å². The number of benzene rings is 1. The van der Waals surface area contributed by atoms with Crippen LogP contribution in [0.4, 0.5) is 13.2 Å². The van der Waals surface area contributed by atoms with Crippen molar-refractivity contribution in [1.82, 2.24) is 20.9 Å². The van der Waals surface area contributed by atoms with Crippen molar-refractivity contribution in [1.29, 1.82) is 0 Å². The predicted molar refractivity (Wildman–Crippen MR) is 99.1 cm³/mol. The van der Waals surface area contributed by atoms with Crippen LogP contribution in [-0.2, 0) is 9.59 Å². The first-order valence-electron chi connectivity index (χ1n) is 9.00. The Bertz CT molecular complexity index is 723. The molecule has 0 bridgehead atoms. The second-order valence-corrected chi connectivity index (χ2v) is 8.44. The van der Waals surface area contributed by atoms with Gasteiger partial charge in [-0.2, -0.15) is 13.2 Å². The SMILES string of the molecule is CN(C)C1NC(=O)CC(C(=O)N[C@@H](c2ccc(SC(F)(F)F)cc2)C2CC2)N1. The summed E-state index contributed by atoms with van der Waals surface area (Å²) in [4.78, 5) is 26.5. The molecule has 0 aromatic heterocycles. The Morgan fingerprint density at radius 2 is 1.89 bits per heavy atom. The minimum atomic E-state index is -4.33. The Labute approximate surface area is 165 Å². The number of amides is 2. The van der Waals surface area contributed by atoms with Crippen molar-refractivity contribution in [3.63, 3.8) is 0 Å². The van der Waals surface area contributed by atoms with Crippen LogP contribution in [0.15, 0.2) is 29.2 Å². The molecular weight excluding hydrogens is 393 g/mol. The standard InChI is InChI=1S/C18H23F3N4O2S/c1-25(2)17-22-13(9-14(26)23-17)16(27)24-15(10-3-4-10)11-5-7-12(8-6-11)28-18(19,20)21/h5-8,10,13,15,17,22H,3-4,9H2,1-2H3,(H,23,26)(H,24,27)/t13?,15-,17?/m1/s1. The van der Waals surface area contributed by atoms with Crippen LogP contribution in [-0.4, -0.2) is 48.6 Å². The number of hydrogen-bond acceptors (Lipinski definition) is 5. The van der Waals surface area contributed by atoms with Crippen molar-refractivity contribution in [3.05, 3.63) is 29.8 Å². The van der Waals surface area contributed by atoms with Gasteiger partial charge in [-0.3, -0.25) is 19.8 Å². The quantitative estimate of drug-likeness (QED) is 0.620. The first-order chi connectivity index (χ1) is 13.1. The molecule has 1 aliphatic carbocycles. The smallest absolute Gasteiger partial charge is 0.348 e. The summed E-state index contributed by atoms with van der Waals surface area (Å²) >= 11 is -0.161. The predicted octanol–water partition coefficient (Wildman–Crippen LogP) is 2.19. The first-order valence-corrected chi connectivity index (χ1v) is 9.82. The summed E-state index contributed by atoms with van der Waals surface area (Å²) in [6.45, 7) is 0. The summed E-state index contributed by atoms with van der Waals surface area (Å²) in [5.74, 6) is -0.242. The molecule has 1 aliphatic heterocycles. The molecule has 2 fully saturated rings. The maximum Gasteiger partial charge on any atom is 0.446 e. The molecule has 1 saturated carbocycles. The number of carbonyl (C=O) groups is 2. The zero-order valence-electron chi connectivity index (χ0n) is 15.5. The summed E-state index contributed by atoms with van der Waals surface area (Å²) in [6, 6.07) is 5.15. The van der Waals surface area contributed by atoms with E-state index in [1.54, 1.807) is 31.1 Å². The van der Waals surface area contributed by atoms with Gasteiger partial charge in [-0.05, 0) is 62.3 Å². The Balaban J connectivity index is 1.68. The average molecular weight is 416 g/mol.